The summed E-state index contributed by atoms with van der Waals surface area (Å²) >= 11 is 12.3. The first kappa shape index (κ1) is 59.4. The number of halogens is 3. The molecule has 0 heterocycles. The number of allylic oxidation sites excluding steroid dienone is 3. The summed E-state index contributed by atoms with van der Waals surface area (Å²) < 4.78 is 20.3. The van der Waals surface area contributed by atoms with Crippen molar-refractivity contribution in [2.75, 3.05) is 12.4 Å². The fraction of sp³-hybridized carbons (Fsp3) is 0.490. The second kappa shape index (κ2) is 36.0. The van der Waals surface area contributed by atoms with Gasteiger partial charge in [-0.25, -0.2) is 4.39 Å². The molecule has 2 unspecified atom stereocenters. The van der Waals surface area contributed by atoms with Crippen LogP contribution < -0.4 is 15.4 Å². The van der Waals surface area contributed by atoms with E-state index in [9.17, 15) is 9.18 Å². The van der Waals surface area contributed by atoms with Crippen LogP contribution >= 0.6 is 23.2 Å². The monoisotopic (exact) mass is 857 g/mol. The molecular weight excluding hydrogens is 778 g/mol. The minimum absolute atomic E-state index is 0.000386. The Morgan fingerprint density at radius 3 is 1.90 bits per heavy atom. The molecule has 0 spiro atoms. The van der Waals surface area contributed by atoms with Gasteiger partial charge in [-0.2, -0.15) is 0 Å². The zero-order valence-electron chi connectivity index (χ0n) is 38.9. The van der Waals surface area contributed by atoms with Crippen molar-refractivity contribution in [3.63, 3.8) is 0 Å². The Bertz CT molecular complexity index is 1620. The molecule has 0 saturated carbocycles. The molecule has 3 aromatic carbocycles. The predicted molar refractivity (Wildman–Crippen MR) is 259 cm³/mol. The fourth-order valence-electron chi connectivity index (χ4n) is 6.36. The maximum absolute atomic E-state index is 13.6. The molecule has 8 heteroatoms. The third-order valence-corrected chi connectivity index (χ3v) is 9.68. The molecule has 0 aliphatic heterocycles. The molecule has 5 nitrogen and oxygen atoms in total. The van der Waals surface area contributed by atoms with Crippen molar-refractivity contribution in [3.05, 3.63) is 129 Å². The average molecular weight is 858 g/mol. The molecule has 1 amide bonds. The third kappa shape index (κ3) is 22.3. The number of carbonyl (C=O) groups excluding carboxylic acids is 2. The first-order valence-corrected chi connectivity index (χ1v) is 22.1. The summed E-state index contributed by atoms with van der Waals surface area (Å²) in [5.41, 5.74) is 6.63. The molecule has 0 bridgehead atoms. The number of hydrogen-bond acceptors (Lipinski definition) is 4. The molecule has 3 rings (SSSR count). The number of likely N-dealkylation sites (N-methyl/N-ethyl adjacent to an activating group) is 1. The SMILES string of the molecule is C=C(NC)C(CCC)(CCC)Oc1ccc(Cl)cc1C(C)C/C(C)=C/C.C=CCCC.C=O.CC.CCC.CCC(c1cc(F)ccc1C)c1ccc(Cl)cc1NC=O. The Morgan fingerprint density at radius 1 is 0.881 bits per heavy atom. The number of ether oxygens (including phenoxy) is 1. The van der Waals surface area contributed by atoms with E-state index in [0.29, 0.717) is 23.0 Å². The zero-order chi connectivity index (χ0) is 46.0. The molecule has 0 aliphatic carbocycles. The number of hydrogen-bond donors (Lipinski definition) is 2. The van der Waals surface area contributed by atoms with Crippen LogP contribution in [0.3, 0.4) is 0 Å². The van der Waals surface area contributed by atoms with Gasteiger partial charge in [-0.05, 0) is 124 Å². The van der Waals surface area contributed by atoms with Gasteiger partial charge in [0, 0.05) is 34.4 Å². The predicted octanol–water partition coefficient (Wildman–Crippen LogP) is 16.4. The first-order chi connectivity index (χ1) is 28.2. The lowest BCUT2D eigenvalue weighted by Crippen LogP contribution is -2.42. The van der Waals surface area contributed by atoms with Crippen molar-refractivity contribution < 1.29 is 18.7 Å². The highest BCUT2D eigenvalue weighted by Gasteiger charge is 2.35. The van der Waals surface area contributed by atoms with Gasteiger partial charge in [0.25, 0.3) is 0 Å². The highest BCUT2D eigenvalue weighted by Crippen LogP contribution is 2.39. The van der Waals surface area contributed by atoms with E-state index in [0.717, 1.165) is 78.1 Å². The second-order valence-corrected chi connectivity index (χ2v) is 14.9. The molecule has 0 saturated heterocycles. The standard InChI is InChI=1S/C23H36ClNO.C17H17ClFNO.C5H10.C3H8.C2H6.CH2O/c1-8-13-23(14-9-2,19(6)25-7)26-22-12-11-20(24)16-21(22)18(5)15-17(4)10-3;1-3-14(16-9-13(19)6-4-11(16)2)15-7-5-12(18)8-17(15)20-10-21;1-3-5-4-2;1-3-2;2*1-2/h10-12,16,18,25H,6,8-9,13-15H2,1-5,7H3;4-10,14H,3H2,1-2H3,(H,20,21);3H,1,4-5H2,2H3;3H2,1-2H3;1-2H3;1H2/b17-10+;;;;;. The van der Waals surface area contributed by atoms with Crippen LogP contribution in [0.4, 0.5) is 10.1 Å². The third-order valence-electron chi connectivity index (χ3n) is 9.21. The van der Waals surface area contributed by atoms with Gasteiger partial charge >= 0.3 is 0 Å². The molecule has 0 radical (unpaired) electrons. The number of aryl methyl sites for hydroxylation is 1. The van der Waals surface area contributed by atoms with Crippen LogP contribution in [-0.2, 0) is 9.59 Å². The molecule has 59 heavy (non-hydrogen) atoms. The molecule has 2 atom stereocenters. The average Bonchev–Trinajstić information content (AvgIpc) is 3.23. The summed E-state index contributed by atoms with van der Waals surface area (Å²) in [6.45, 7) is 35.1. The number of rotatable bonds is 18. The lowest BCUT2D eigenvalue weighted by atomic mass is 9.85. The number of nitrogens with one attached hydrogen (secondary N) is 2. The summed E-state index contributed by atoms with van der Waals surface area (Å²) in [6, 6.07) is 16.1. The Hall–Kier alpha value is -3.87. The van der Waals surface area contributed by atoms with Crippen LogP contribution in [-0.4, -0.2) is 25.8 Å². The number of benzene rings is 3. The molecule has 3 aromatic rings. The summed E-state index contributed by atoms with van der Waals surface area (Å²) in [4.78, 5) is 18.8. The van der Waals surface area contributed by atoms with Crippen molar-refractivity contribution in [2.24, 2.45) is 0 Å². The molecule has 0 aromatic heterocycles. The van der Waals surface area contributed by atoms with E-state index >= 15 is 0 Å². The number of amides is 1. The highest BCUT2D eigenvalue weighted by molar-refractivity contribution is 6.31. The Morgan fingerprint density at radius 2 is 1.44 bits per heavy atom. The topological polar surface area (TPSA) is 67.4 Å². The van der Waals surface area contributed by atoms with E-state index in [1.165, 1.54) is 30.0 Å². The van der Waals surface area contributed by atoms with Gasteiger partial charge in [-0.15, -0.1) is 6.58 Å². The lowest BCUT2D eigenvalue weighted by Gasteiger charge is -2.37. The summed E-state index contributed by atoms with van der Waals surface area (Å²) in [6.07, 6.45) is 14.1. The maximum Gasteiger partial charge on any atom is 0.211 e. The number of unbranched alkanes of at least 4 members (excludes halogenated alkanes) is 1. The Balaban J connectivity index is -0.000000847. The van der Waals surface area contributed by atoms with Gasteiger partial charge in [0.15, 0.2) is 0 Å². The van der Waals surface area contributed by atoms with E-state index in [1.807, 2.05) is 65.8 Å². The largest absolute Gasteiger partial charge is 0.481 e. The summed E-state index contributed by atoms with van der Waals surface area (Å²) in [5, 5.41) is 7.22. The highest BCUT2D eigenvalue weighted by atomic mass is 35.5. The van der Waals surface area contributed by atoms with Gasteiger partial charge in [-0.3, -0.25) is 4.79 Å². The summed E-state index contributed by atoms with van der Waals surface area (Å²) in [7, 11) is 1.92. The minimum atomic E-state index is -0.393. The van der Waals surface area contributed by atoms with E-state index in [1.54, 1.807) is 24.3 Å². The van der Waals surface area contributed by atoms with Crippen LogP contribution in [0.25, 0.3) is 0 Å². The molecule has 0 fully saturated rings. The zero-order valence-corrected chi connectivity index (χ0v) is 40.4. The quantitative estimate of drug-likeness (QED) is 0.0988. The van der Waals surface area contributed by atoms with Crippen LogP contribution in [0.5, 0.6) is 5.75 Å². The van der Waals surface area contributed by atoms with Gasteiger partial charge in [0.1, 0.15) is 24.0 Å². The van der Waals surface area contributed by atoms with Crippen LogP contribution in [0.15, 0.2) is 91.2 Å². The summed E-state index contributed by atoms with van der Waals surface area (Å²) in [5.74, 6) is 1.00. The van der Waals surface area contributed by atoms with Crippen LogP contribution in [0, 0.1) is 12.7 Å². The maximum atomic E-state index is 13.6. The van der Waals surface area contributed by atoms with Gasteiger partial charge in [0.05, 0.1) is 0 Å². The molecular formula is C51H79Cl2FN2O3. The smallest absolute Gasteiger partial charge is 0.211 e. The van der Waals surface area contributed by atoms with Gasteiger partial charge in [0.2, 0.25) is 6.41 Å². The number of anilines is 1. The first-order valence-electron chi connectivity index (χ1n) is 21.4. The second-order valence-electron chi connectivity index (χ2n) is 14.0. The van der Waals surface area contributed by atoms with Crippen LogP contribution in [0.2, 0.25) is 10.0 Å². The Labute approximate surface area is 370 Å². The normalized spacial score (nSPS) is 11.3. The van der Waals surface area contributed by atoms with E-state index in [4.69, 9.17) is 32.7 Å². The molecule has 2 N–H and O–H groups in total. The number of carbonyl (C=O) groups is 2. The van der Waals surface area contributed by atoms with Crippen LogP contribution in [0.1, 0.15) is 168 Å². The van der Waals surface area contributed by atoms with Crippen molar-refractivity contribution in [1.82, 2.24) is 5.32 Å². The van der Waals surface area contributed by atoms with E-state index < -0.39 is 5.60 Å². The van der Waals surface area contributed by atoms with Gasteiger partial charge in [-0.1, -0.05) is 148 Å². The lowest BCUT2D eigenvalue weighted by molar-refractivity contribution is -0.105. The van der Waals surface area contributed by atoms with Crippen molar-refractivity contribution in [1.29, 1.82) is 0 Å². The van der Waals surface area contributed by atoms with Crippen molar-refractivity contribution in [3.8, 4) is 5.75 Å². The van der Waals surface area contributed by atoms with Crippen molar-refractivity contribution >= 4 is 42.1 Å². The van der Waals surface area contributed by atoms with E-state index in [-0.39, 0.29) is 11.7 Å². The molecule has 332 valence electrons. The van der Waals surface area contributed by atoms with Gasteiger partial charge < -0.3 is 20.2 Å². The van der Waals surface area contributed by atoms with Crippen molar-refractivity contribution in [2.45, 2.75) is 158 Å². The van der Waals surface area contributed by atoms with E-state index in [2.05, 4.69) is 91.3 Å². The Kier molecular flexibility index (Phi) is 36.3. The minimum Gasteiger partial charge on any atom is -0.481 e. The molecule has 0 aliphatic rings. The fourth-order valence-corrected chi connectivity index (χ4v) is 6.72.